The Bertz CT molecular complexity index is 1060. The molecule has 2 amide bonds. The van der Waals surface area contributed by atoms with Gasteiger partial charge in [0.1, 0.15) is 16.8 Å². The molecule has 1 aliphatic heterocycles. The Labute approximate surface area is 176 Å². The van der Waals surface area contributed by atoms with Gasteiger partial charge in [0.2, 0.25) is 5.91 Å². The van der Waals surface area contributed by atoms with E-state index in [1.165, 1.54) is 0 Å². The standard InChI is InChI=1S/C20H21BrN6O2/c1-25-7-9-26(10-8-25)19(28)13-27-12-14-11-15(5-6-16(14)24-27)22-20(29)17-3-2-4-18(21)23-17/h2-6,11-12H,7-10,13H2,1H3,(H,22,29). The fraction of sp³-hybridized carbons (Fsp3) is 0.300. The molecule has 1 aromatic carbocycles. The van der Waals surface area contributed by atoms with Gasteiger partial charge in [-0.1, -0.05) is 6.07 Å². The SMILES string of the molecule is CN1CCN(C(=O)Cn2cc3cc(NC(=O)c4cccc(Br)n4)ccc3n2)CC1. The minimum absolute atomic E-state index is 0.0696. The van der Waals surface area contributed by atoms with E-state index < -0.39 is 0 Å². The van der Waals surface area contributed by atoms with Crippen LogP contribution in [0.2, 0.25) is 0 Å². The maximum Gasteiger partial charge on any atom is 0.274 e. The number of hydrogen-bond donors (Lipinski definition) is 1. The summed E-state index contributed by atoms with van der Waals surface area (Å²) in [5.41, 5.74) is 1.75. The van der Waals surface area contributed by atoms with E-state index in [2.05, 4.69) is 43.3 Å². The average molecular weight is 457 g/mol. The zero-order valence-corrected chi connectivity index (χ0v) is 17.6. The number of carbonyl (C=O) groups excluding carboxylic acids is 2. The van der Waals surface area contributed by atoms with E-state index in [0.29, 0.717) is 16.0 Å². The number of carbonyl (C=O) groups is 2. The molecule has 1 aliphatic rings. The predicted molar refractivity (Wildman–Crippen MR) is 114 cm³/mol. The summed E-state index contributed by atoms with van der Waals surface area (Å²) < 4.78 is 2.26. The first-order valence-electron chi connectivity index (χ1n) is 9.35. The number of pyridine rings is 1. The highest BCUT2D eigenvalue weighted by atomic mass is 79.9. The van der Waals surface area contributed by atoms with Crippen molar-refractivity contribution in [1.29, 1.82) is 0 Å². The second-order valence-electron chi connectivity index (χ2n) is 7.08. The zero-order valence-electron chi connectivity index (χ0n) is 16.0. The lowest BCUT2D eigenvalue weighted by Gasteiger charge is -2.32. The van der Waals surface area contributed by atoms with Gasteiger partial charge >= 0.3 is 0 Å². The number of nitrogens with one attached hydrogen (secondary N) is 1. The highest BCUT2D eigenvalue weighted by molar-refractivity contribution is 9.10. The molecule has 0 spiro atoms. The molecule has 0 bridgehead atoms. The topological polar surface area (TPSA) is 83.4 Å². The molecule has 3 aromatic rings. The molecule has 8 nitrogen and oxygen atoms in total. The molecule has 1 saturated heterocycles. The monoisotopic (exact) mass is 456 g/mol. The molecule has 150 valence electrons. The molecule has 0 atom stereocenters. The van der Waals surface area contributed by atoms with Gasteiger partial charge in [-0.3, -0.25) is 14.3 Å². The molecule has 2 aromatic heterocycles. The predicted octanol–water partition coefficient (Wildman–Crippen LogP) is 2.22. The Kier molecular flexibility index (Phi) is 5.59. The van der Waals surface area contributed by atoms with Crippen molar-refractivity contribution in [3.05, 3.63) is 52.9 Å². The molecule has 1 fully saturated rings. The van der Waals surface area contributed by atoms with Crippen LogP contribution in [0.25, 0.3) is 10.9 Å². The van der Waals surface area contributed by atoms with Crippen LogP contribution in [0.3, 0.4) is 0 Å². The first-order valence-corrected chi connectivity index (χ1v) is 10.1. The van der Waals surface area contributed by atoms with Crippen LogP contribution in [0.1, 0.15) is 10.5 Å². The largest absolute Gasteiger partial charge is 0.339 e. The summed E-state index contributed by atoms with van der Waals surface area (Å²) in [5, 5.41) is 8.18. The molecule has 3 heterocycles. The second-order valence-corrected chi connectivity index (χ2v) is 7.90. The van der Waals surface area contributed by atoms with Gasteiger partial charge < -0.3 is 15.1 Å². The average Bonchev–Trinajstić information content (AvgIpc) is 3.10. The highest BCUT2D eigenvalue weighted by Gasteiger charge is 2.19. The molecule has 4 rings (SSSR count). The molecule has 0 aliphatic carbocycles. The Morgan fingerprint density at radius 2 is 1.93 bits per heavy atom. The van der Waals surface area contributed by atoms with Crippen LogP contribution in [0.15, 0.2) is 47.2 Å². The number of anilines is 1. The number of likely N-dealkylation sites (N-methyl/N-ethyl adjacent to an activating group) is 1. The van der Waals surface area contributed by atoms with Crippen LogP contribution in [0, 0.1) is 0 Å². The molecule has 0 saturated carbocycles. The van der Waals surface area contributed by atoms with Crippen molar-refractivity contribution in [2.24, 2.45) is 0 Å². The van der Waals surface area contributed by atoms with Crippen molar-refractivity contribution in [1.82, 2.24) is 24.6 Å². The van der Waals surface area contributed by atoms with Gasteiger partial charge in [-0.25, -0.2) is 4.98 Å². The number of amides is 2. The third-order valence-electron chi connectivity index (χ3n) is 4.91. The summed E-state index contributed by atoms with van der Waals surface area (Å²) >= 11 is 3.27. The van der Waals surface area contributed by atoms with Crippen LogP contribution in [0.4, 0.5) is 5.69 Å². The highest BCUT2D eigenvalue weighted by Crippen LogP contribution is 2.19. The van der Waals surface area contributed by atoms with Crippen molar-refractivity contribution in [2.45, 2.75) is 6.54 Å². The first-order chi connectivity index (χ1) is 14.0. The lowest BCUT2D eigenvalue weighted by atomic mass is 10.2. The third kappa shape index (κ3) is 4.63. The molecule has 0 unspecified atom stereocenters. The van der Waals surface area contributed by atoms with Crippen molar-refractivity contribution >= 4 is 44.3 Å². The van der Waals surface area contributed by atoms with E-state index in [9.17, 15) is 9.59 Å². The van der Waals surface area contributed by atoms with Gasteiger partial charge in [0.05, 0.1) is 5.52 Å². The number of benzene rings is 1. The van der Waals surface area contributed by atoms with Gasteiger partial charge in [-0.2, -0.15) is 5.10 Å². The quantitative estimate of drug-likeness (QED) is 0.608. The number of hydrogen-bond acceptors (Lipinski definition) is 5. The number of piperazine rings is 1. The van der Waals surface area contributed by atoms with Gasteiger partial charge in [0.15, 0.2) is 0 Å². The normalized spacial score (nSPS) is 14.9. The van der Waals surface area contributed by atoms with E-state index in [4.69, 9.17) is 0 Å². The smallest absolute Gasteiger partial charge is 0.274 e. The number of aromatic nitrogens is 3. The number of fused-ring (bicyclic) bond motifs is 1. The van der Waals surface area contributed by atoms with Crippen molar-refractivity contribution < 1.29 is 9.59 Å². The summed E-state index contributed by atoms with van der Waals surface area (Å²) in [6.45, 7) is 3.49. The molecule has 0 radical (unpaired) electrons. The second kappa shape index (κ2) is 8.30. The maximum atomic E-state index is 12.5. The lowest BCUT2D eigenvalue weighted by Crippen LogP contribution is -2.48. The Balaban J connectivity index is 1.45. The molecule has 29 heavy (non-hydrogen) atoms. The fourth-order valence-electron chi connectivity index (χ4n) is 3.26. The van der Waals surface area contributed by atoms with Gasteiger partial charge in [0, 0.05) is 43.4 Å². The summed E-state index contributed by atoms with van der Waals surface area (Å²) in [6.07, 6.45) is 1.83. The van der Waals surface area contributed by atoms with Crippen LogP contribution in [-0.2, 0) is 11.3 Å². The third-order valence-corrected chi connectivity index (χ3v) is 5.35. The molecular formula is C20H21BrN6O2. The Morgan fingerprint density at radius 3 is 2.69 bits per heavy atom. The summed E-state index contributed by atoms with van der Waals surface area (Å²) in [7, 11) is 2.06. The maximum absolute atomic E-state index is 12.5. The van der Waals surface area contributed by atoms with E-state index in [1.807, 2.05) is 23.2 Å². The van der Waals surface area contributed by atoms with E-state index in [-0.39, 0.29) is 18.4 Å². The van der Waals surface area contributed by atoms with Gasteiger partial charge in [0.25, 0.3) is 5.91 Å². The summed E-state index contributed by atoms with van der Waals surface area (Å²) in [6, 6.07) is 10.6. The molecule has 9 heteroatoms. The van der Waals surface area contributed by atoms with Gasteiger partial charge in [-0.05, 0) is 53.3 Å². The van der Waals surface area contributed by atoms with Crippen LogP contribution in [-0.4, -0.2) is 69.6 Å². The Hall–Kier alpha value is -2.78. The van der Waals surface area contributed by atoms with Gasteiger partial charge in [-0.15, -0.1) is 0 Å². The number of rotatable bonds is 4. The van der Waals surface area contributed by atoms with Crippen molar-refractivity contribution in [2.75, 3.05) is 38.5 Å². The Morgan fingerprint density at radius 1 is 1.14 bits per heavy atom. The van der Waals surface area contributed by atoms with Crippen molar-refractivity contribution in [3.8, 4) is 0 Å². The minimum atomic E-state index is -0.289. The first kappa shape index (κ1) is 19.5. The molecule has 1 N–H and O–H groups in total. The van der Waals surface area contributed by atoms with E-state index in [1.54, 1.807) is 28.9 Å². The number of halogens is 1. The fourth-order valence-corrected chi connectivity index (χ4v) is 3.60. The molecular weight excluding hydrogens is 436 g/mol. The lowest BCUT2D eigenvalue weighted by molar-refractivity contribution is -0.133. The van der Waals surface area contributed by atoms with Crippen LogP contribution < -0.4 is 5.32 Å². The number of nitrogens with zero attached hydrogens (tertiary/aromatic N) is 5. The zero-order chi connectivity index (χ0) is 20.4. The van der Waals surface area contributed by atoms with E-state index in [0.717, 1.165) is 37.1 Å². The van der Waals surface area contributed by atoms with Crippen molar-refractivity contribution in [3.63, 3.8) is 0 Å². The van der Waals surface area contributed by atoms with E-state index >= 15 is 0 Å². The minimum Gasteiger partial charge on any atom is -0.339 e. The van der Waals surface area contributed by atoms with Crippen LogP contribution in [0.5, 0.6) is 0 Å². The summed E-state index contributed by atoms with van der Waals surface area (Å²) in [5.74, 6) is -0.219. The van der Waals surface area contributed by atoms with Crippen LogP contribution >= 0.6 is 15.9 Å². The summed E-state index contributed by atoms with van der Waals surface area (Å²) in [4.78, 5) is 33.2.